The van der Waals surface area contributed by atoms with Crippen molar-refractivity contribution in [2.75, 3.05) is 44.2 Å². The smallest absolute Gasteiger partial charge is 0.123 e. The number of hydrogen-bond donors (Lipinski definition) is 1. The minimum Gasteiger partial charge on any atom is -0.369 e. The highest BCUT2D eigenvalue weighted by Gasteiger charge is 2.16. The molecule has 2 aromatic carbocycles. The van der Waals surface area contributed by atoms with Crippen molar-refractivity contribution in [3.8, 4) is 6.07 Å². The predicted molar refractivity (Wildman–Crippen MR) is 97.9 cm³/mol. The second kappa shape index (κ2) is 8.61. The van der Waals surface area contributed by atoms with Gasteiger partial charge in [0.25, 0.3) is 0 Å². The average molecular weight is 338 g/mol. The number of anilines is 1. The van der Waals surface area contributed by atoms with Gasteiger partial charge in [-0.1, -0.05) is 12.1 Å². The van der Waals surface area contributed by atoms with Crippen LogP contribution in [0, 0.1) is 17.1 Å². The van der Waals surface area contributed by atoms with E-state index in [-0.39, 0.29) is 5.82 Å². The van der Waals surface area contributed by atoms with E-state index in [0.29, 0.717) is 5.56 Å². The van der Waals surface area contributed by atoms with Crippen LogP contribution in [0.25, 0.3) is 0 Å². The van der Waals surface area contributed by atoms with E-state index in [4.69, 9.17) is 5.26 Å². The molecule has 25 heavy (non-hydrogen) atoms. The van der Waals surface area contributed by atoms with Crippen LogP contribution in [0.2, 0.25) is 0 Å². The molecule has 0 unspecified atom stereocenters. The molecule has 0 aromatic heterocycles. The first-order valence-electron chi connectivity index (χ1n) is 8.67. The van der Waals surface area contributed by atoms with E-state index >= 15 is 0 Å². The maximum Gasteiger partial charge on any atom is 0.123 e. The summed E-state index contributed by atoms with van der Waals surface area (Å²) in [5.74, 6) is -0.186. The predicted octanol–water partition coefficient (Wildman–Crippen LogP) is 2.61. The zero-order valence-electron chi connectivity index (χ0n) is 14.3. The lowest BCUT2D eigenvalue weighted by atomic mass is 10.1. The van der Waals surface area contributed by atoms with Crippen LogP contribution < -0.4 is 10.2 Å². The Hall–Kier alpha value is -2.42. The maximum atomic E-state index is 13.0. The van der Waals surface area contributed by atoms with Crippen LogP contribution in [0.4, 0.5) is 10.1 Å². The van der Waals surface area contributed by atoms with Gasteiger partial charge in [-0.2, -0.15) is 5.26 Å². The van der Waals surface area contributed by atoms with Gasteiger partial charge in [0, 0.05) is 51.5 Å². The van der Waals surface area contributed by atoms with Gasteiger partial charge in [-0.3, -0.25) is 4.90 Å². The van der Waals surface area contributed by atoms with E-state index in [1.807, 2.05) is 36.4 Å². The van der Waals surface area contributed by atoms with E-state index in [0.717, 1.165) is 57.1 Å². The fraction of sp³-hybridized carbons (Fsp3) is 0.350. The topological polar surface area (TPSA) is 42.3 Å². The molecule has 0 aliphatic carbocycles. The number of nitrogens with zero attached hydrogens (tertiary/aromatic N) is 3. The van der Waals surface area contributed by atoms with E-state index in [9.17, 15) is 4.39 Å². The summed E-state index contributed by atoms with van der Waals surface area (Å²) in [5, 5.41) is 12.4. The number of halogens is 1. The van der Waals surface area contributed by atoms with Crippen LogP contribution in [0.1, 0.15) is 11.1 Å². The maximum absolute atomic E-state index is 13.0. The third kappa shape index (κ3) is 5.02. The second-order valence-electron chi connectivity index (χ2n) is 6.29. The number of rotatable bonds is 6. The van der Waals surface area contributed by atoms with Crippen molar-refractivity contribution in [2.24, 2.45) is 0 Å². The number of nitriles is 1. The van der Waals surface area contributed by atoms with Crippen LogP contribution in [-0.2, 0) is 6.54 Å². The van der Waals surface area contributed by atoms with Gasteiger partial charge < -0.3 is 10.2 Å². The van der Waals surface area contributed by atoms with Crippen molar-refractivity contribution >= 4 is 5.69 Å². The lowest BCUT2D eigenvalue weighted by molar-refractivity contribution is 0.257. The summed E-state index contributed by atoms with van der Waals surface area (Å²) in [5.41, 5.74) is 2.94. The Morgan fingerprint density at radius 1 is 1.04 bits per heavy atom. The fourth-order valence-electron chi connectivity index (χ4n) is 3.10. The lowest BCUT2D eigenvalue weighted by Crippen LogP contribution is -2.48. The molecule has 1 heterocycles. The molecule has 1 fully saturated rings. The molecule has 0 amide bonds. The van der Waals surface area contributed by atoms with Gasteiger partial charge in [0.15, 0.2) is 0 Å². The van der Waals surface area contributed by atoms with Gasteiger partial charge in [0.05, 0.1) is 11.6 Å². The summed E-state index contributed by atoms with van der Waals surface area (Å²) in [6, 6.07) is 16.6. The number of hydrogen-bond acceptors (Lipinski definition) is 4. The molecular weight excluding hydrogens is 315 g/mol. The van der Waals surface area contributed by atoms with Gasteiger partial charge >= 0.3 is 0 Å². The van der Waals surface area contributed by atoms with E-state index in [1.165, 1.54) is 12.1 Å². The van der Waals surface area contributed by atoms with Crippen molar-refractivity contribution in [3.63, 3.8) is 0 Å². The van der Waals surface area contributed by atoms with E-state index in [1.54, 1.807) is 0 Å². The quantitative estimate of drug-likeness (QED) is 0.822. The summed E-state index contributed by atoms with van der Waals surface area (Å²) < 4.78 is 13.0. The molecule has 0 saturated carbocycles. The Morgan fingerprint density at radius 3 is 2.52 bits per heavy atom. The molecule has 5 heteroatoms. The third-order valence-electron chi connectivity index (χ3n) is 4.55. The zero-order valence-corrected chi connectivity index (χ0v) is 14.3. The molecule has 1 N–H and O–H groups in total. The molecular formula is C20H23FN4. The Balaban J connectivity index is 1.36. The molecule has 1 saturated heterocycles. The fourth-order valence-corrected chi connectivity index (χ4v) is 3.10. The number of benzene rings is 2. The van der Waals surface area contributed by atoms with Crippen molar-refractivity contribution in [1.82, 2.24) is 10.2 Å². The molecule has 3 rings (SSSR count). The Kier molecular flexibility index (Phi) is 5.99. The molecule has 0 radical (unpaired) electrons. The average Bonchev–Trinajstić information content (AvgIpc) is 2.67. The van der Waals surface area contributed by atoms with Gasteiger partial charge in [-0.05, 0) is 42.0 Å². The molecule has 0 atom stereocenters. The van der Waals surface area contributed by atoms with Crippen LogP contribution in [0.5, 0.6) is 0 Å². The first-order chi connectivity index (χ1) is 12.2. The number of nitrogens with one attached hydrogen (secondary N) is 1. The summed E-state index contributed by atoms with van der Waals surface area (Å²) in [6.45, 7) is 6.69. The van der Waals surface area contributed by atoms with Crippen LogP contribution in [0.15, 0.2) is 48.5 Å². The first kappa shape index (κ1) is 17.4. The molecule has 0 bridgehead atoms. The summed E-state index contributed by atoms with van der Waals surface area (Å²) in [7, 11) is 0. The summed E-state index contributed by atoms with van der Waals surface area (Å²) in [6.07, 6.45) is 0. The highest BCUT2D eigenvalue weighted by molar-refractivity contribution is 5.46. The van der Waals surface area contributed by atoms with Crippen molar-refractivity contribution in [1.29, 1.82) is 5.26 Å². The molecule has 4 nitrogen and oxygen atoms in total. The van der Waals surface area contributed by atoms with E-state index in [2.05, 4.69) is 21.2 Å². The molecule has 1 aliphatic rings. The van der Waals surface area contributed by atoms with Gasteiger partial charge in [0.2, 0.25) is 0 Å². The SMILES string of the molecule is N#Cc1cccc(CNCCN2CCN(c3ccc(F)cc3)CC2)c1. The van der Waals surface area contributed by atoms with Crippen LogP contribution in [-0.4, -0.2) is 44.2 Å². The monoisotopic (exact) mass is 338 g/mol. The second-order valence-corrected chi connectivity index (χ2v) is 6.29. The summed E-state index contributed by atoms with van der Waals surface area (Å²) in [4.78, 5) is 4.75. The third-order valence-corrected chi connectivity index (χ3v) is 4.55. The number of piperazine rings is 1. The standard InChI is InChI=1S/C20H23FN4/c21-19-4-6-20(7-5-19)25-12-10-24(11-13-25)9-8-23-16-18-3-1-2-17(14-18)15-22/h1-7,14,23H,8-13,16H2. The Morgan fingerprint density at radius 2 is 1.80 bits per heavy atom. The Labute approximate surface area is 148 Å². The van der Waals surface area contributed by atoms with E-state index < -0.39 is 0 Å². The normalized spacial score (nSPS) is 15.1. The summed E-state index contributed by atoms with van der Waals surface area (Å²) >= 11 is 0. The van der Waals surface area contributed by atoms with Gasteiger partial charge in [-0.15, -0.1) is 0 Å². The van der Waals surface area contributed by atoms with Gasteiger partial charge in [-0.25, -0.2) is 4.39 Å². The molecule has 130 valence electrons. The van der Waals surface area contributed by atoms with Crippen LogP contribution >= 0.6 is 0 Å². The highest BCUT2D eigenvalue weighted by atomic mass is 19.1. The zero-order chi connectivity index (χ0) is 17.5. The van der Waals surface area contributed by atoms with Crippen molar-refractivity contribution < 1.29 is 4.39 Å². The highest BCUT2D eigenvalue weighted by Crippen LogP contribution is 2.16. The first-order valence-corrected chi connectivity index (χ1v) is 8.67. The Bertz CT molecular complexity index is 715. The van der Waals surface area contributed by atoms with Crippen molar-refractivity contribution in [2.45, 2.75) is 6.54 Å². The molecule has 0 spiro atoms. The minimum absolute atomic E-state index is 0.186. The van der Waals surface area contributed by atoms with Crippen molar-refractivity contribution in [3.05, 3.63) is 65.5 Å². The lowest BCUT2D eigenvalue weighted by Gasteiger charge is -2.36. The molecule has 2 aromatic rings. The largest absolute Gasteiger partial charge is 0.369 e. The van der Waals surface area contributed by atoms with Gasteiger partial charge in [0.1, 0.15) is 5.82 Å². The van der Waals surface area contributed by atoms with Crippen LogP contribution in [0.3, 0.4) is 0 Å². The minimum atomic E-state index is -0.186. The molecule has 1 aliphatic heterocycles.